The number of rotatable bonds is 8. The van der Waals surface area contributed by atoms with Gasteiger partial charge in [0.05, 0.1) is 11.5 Å². The molecule has 0 fully saturated rings. The normalized spacial score (nSPS) is 12.9. The standard InChI is InChI=1S/C14H13N2O6P/c17-11-10-15-23(20,21-13-4-2-1-3-5-13)22-14-8-6-12(7-9-14)16(18)19/h1-9,11H,10H2,(H,15,20). The predicted molar refractivity (Wildman–Crippen MR) is 82.5 cm³/mol. The van der Waals surface area contributed by atoms with Gasteiger partial charge in [-0.05, 0) is 24.3 Å². The van der Waals surface area contributed by atoms with E-state index in [2.05, 4.69) is 5.09 Å². The molecule has 120 valence electrons. The number of nitro groups is 1. The van der Waals surface area contributed by atoms with Gasteiger partial charge >= 0.3 is 7.75 Å². The molecule has 1 unspecified atom stereocenters. The summed E-state index contributed by atoms with van der Waals surface area (Å²) in [5.74, 6) is 0.393. The number of para-hydroxylation sites is 1. The molecule has 2 aromatic rings. The summed E-state index contributed by atoms with van der Waals surface area (Å²) in [5.41, 5.74) is -0.128. The van der Waals surface area contributed by atoms with Crippen LogP contribution >= 0.6 is 7.75 Å². The third kappa shape index (κ3) is 4.91. The predicted octanol–water partition coefficient (Wildman–Crippen LogP) is 2.95. The van der Waals surface area contributed by atoms with Crippen LogP contribution in [0.1, 0.15) is 0 Å². The fourth-order valence-electron chi connectivity index (χ4n) is 1.62. The van der Waals surface area contributed by atoms with Gasteiger partial charge in [-0.25, -0.2) is 4.57 Å². The van der Waals surface area contributed by atoms with E-state index in [1.165, 1.54) is 24.3 Å². The smallest absolute Gasteiger partial charge is 0.405 e. The van der Waals surface area contributed by atoms with Crippen LogP contribution in [0.25, 0.3) is 0 Å². The van der Waals surface area contributed by atoms with Crippen molar-refractivity contribution in [2.45, 2.75) is 0 Å². The van der Waals surface area contributed by atoms with E-state index in [0.717, 1.165) is 0 Å². The van der Waals surface area contributed by atoms with Gasteiger partial charge in [-0.1, -0.05) is 18.2 Å². The molecule has 1 N–H and O–H groups in total. The first-order chi connectivity index (χ1) is 11.0. The van der Waals surface area contributed by atoms with Gasteiger partial charge < -0.3 is 13.8 Å². The zero-order chi connectivity index (χ0) is 16.7. The average molecular weight is 336 g/mol. The number of benzene rings is 2. The summed E-state index contributed by atoms with van der Waals surface area (Å²) in [6.45, 7) is -0.239. The van der Waals surface area contributed by atoms with Crippen molar-refractivity contribution in [3.05, 3.63) is 64.7 Å². The molecule has 2 aromatic carbocycles. The van der Waals surface area contributed by atoms with Gasteiger partial charge in [-0.3, -0.25) is 10.1 Å². The zero-order valence-corrected chi connectivity index (χ0v) is 12.7. The number of nitrogens with one attached hydrogen (secondary N) is 1. The van der Waals surface area contributed by atoms with E-state index in [4.69, 9.17) is 9.05 Å². The van der Waals surface area contributed by atoms with E-state index < -0.39 is 12.7 Å². The van der Waals surface area contributed by atoms with Crippen LogP contribution in [-0.4, -0.2) is 17.8 Å². The molecule has 0 saturated carbocycles. The molecule has 0 aliphatic rings. The lowest BCUT2D eigenvalue weighted by atomic mass is 10.3. The summed E-state index contributed by atoms with van der Waals surface area (Å²) in [5, 5.41) is 13.0. The highest BCUT2D eigenvalue weighted by Crippen LogP contribution is 2.44. The van der Waals surface area contributed by atoms with Gasteiger partial charge in [0.15, 0.2) is 0 Å². The molecule has 0 aliphatic heterocycles. The van der Waals surface area contributed by atoms with Crippen LogP contribution in [0.2, 0.25) is 0 Å². The van der Waals surface area contributed by atoms with Crippen LogP contribution in [0.4, 0.5) is 5.69 Å². The van der Waals surface area contributed by atoms with Gasteiger partial charge in [-0.15, -0.1) is 0 Å². The molecule has 9 heteroatoms. The third-order valence-corrected chi connectivity index (χ3v) is 4.08. The summed E-state index contributed by atoms with van der Waals surface area (Å²) in [6.07, 6.45) is 0.514. The van der Waals surface area contributed by atoms with Gasteiger partial charge in [-0.2, -0.15) is 5.09 Å². The fourth-order valence-corrected chi connectivity index (χ4v) is 2.88. The Balaban J connectivity index is 2.18. The van der Waals surface area contributed by atoms with Gasteiger partial charge in [0.1, 0.15) is 17.8 Å². The monoisotopic (exact) mass is 336 g/mol. The van der Waals surface area contributed by atoms with E-state index in [1.807, 2.05) is 0 Å². The van der Waals surface area contributed by atoms with Gasteiger partial charge in [0.2, 0.25) is 0 Å². The van der Waals surface area contributed by atoms with Crippen molar-refractivity contribution in [2.24, 2.45) is 0 Å². The molecular weight excluding hydrogens is 323 g/mol. The van der Waals surface area contributed by atoms with Crippen molar-refractivity contribution in [1.29, 1.82) is 0 Å². The average Bonchev–Trinajstić information content (AvgIpc) is 2.54. The van der Waals surface area contributed by atoms with Crippen LogP contribution in [0, 0.1) is 10.1 Å². The second-order valence-corrected chi connectivity index (χ2v) is 5.95. The third-order valence-electron chi connectivity index (χ3n) is 2.61. The first-order valence-electron chi connectivity index (χ1n) is 6.50. The number of carbonyl (C=O) groups excluding carboxylic acids is 1. The van der Waals surface area contributed by atoms with Crippen molar-refractivity contribution in [3.8, 4) is 11.5 Å². The maximum atomic E-state index is 12.7. The SMILES string of the molecule is O=CCNP(=O)(Oc1ccccc1)Oc1ccc([N+](=O)[O-])cc1. The topological polar surface area (TPSA) is 108 Å². The molecule has 1 atom stereocenters. The van der Waals surface area contributed by atoms with Crippen molar-refractivity contribution in [2.75, 3.05) is 6.54 Å². The Labute approximate surface area is 131 Å². The molecule has 0 bridgehead atoms. The second-order valence-electron chi connectivity index (χ2n) is 4.27. The number of non-ortho nitro benzene ring substituents is 1. The summed E-state index contributed by atoms with van der Waals surface area (Å²) in [6, 6.07) is 13.3. The first kappa shape index (κ1) is 16.7. The number of carbonyl (C=O) groups is 1. The Morgan fingerprint density at radius 2 is 1.61 bits per heavy atom. The van der Waals surface area contributed by atoms with Crippen LogP contribution in [0.5, 0.6) is 11.5 Å². The fraction of sp³-hybridized carbons (Fsp3) is 0.0714. The molecule has 8 nitrogen and oxygen atoms in total. The van der Waals surface area contributed by atoms with Crippen LogP contribution in [-0.2, 0) is 9.36 Å². The van der Waals surface area contributed by atoms with Crippen LogP contribution in [0.15, 0.2) is 54.6 Å². The lowest BCUT2D eigenvalue weighted by molar-refractivity contribution is -0.384. The van der Waals surface area contributed by atoms with Gasteiger partial charge in [0, 0.05) is 12.1 Å². The number of aldehydes is 1. The van der Waals surface area contributed by atoms with Crippen LogP contribution in [0.3, 0.4) is 0 Å². The molecule has 0 spiro atoms. The maximum Gasteiger partial charge on any atom is 0.513 e. The minimum Gasteiger partial charge on any atom is -0.405 e. The molecule has 23 heavy (non-hydrogen) atoms. The van der Waals surface area contributed by atoms with Crippen LogP contribution < -0.4 is 14.1 Å². The quantitative estimate of drug-likeness (QED) is 0.342. The van der Waals surface area contributed by atoms with Crippen molar-refractivity contribution >= 4 is 19.7 Å². The number of nitro benzene ring substituents is 1. The van der Waals surface area contributed by atoms with Crippen molar-refractivity contribution < 1.29 is 23.3 Å². The Bertz CT molecular complexity index is 720. The van der Waals surface area contributed by atoms with E-state index in [-0.39, 0.29) is 23.7 Å². The number of nitrogens with zero attached hydrogens (tertiary/aromatic N) is 1. The minimum absolute atomic E-state index is 0.105. The summed E-state index contributed by atoms with van der Waals surface area (Å²) in [7, 11) is -3.87. The van der Waals surface area contributed by atoms with Crippen molar-refractivity contribution in [1.82, 2.24) is 5.09 Å². The molecule has 0 aromatic heterocycles. The summed E-state index contributed by atoms with van der Waals surface area (Å²) in [4.78, 5) is 20.6. The number of hydrogen-bond acceptors (Lipinski definition) is 6. The molecule has 0 amide bonds. The minimum atomic E-state index is -3.87. The molecule has 2 rings (SSSR count). The lowest BCUT2D eigenvalue weighted by Crippen LogP contribution is -2.20. The largest absolute Gasteiger partial charge is 0.513 e. The number of hydrogen-bond donors (Lipinski definition) is 1. The molecule has 0 radical (unpaired) electrons. The summed E-state index contributed by atoms with van der Waals surface area (Å²) < 4.78 is 23.3. The summed E-state index contributed by atoms with van der Waals surface area (Å²) >= 11 is 0. The Kier molecular flexibility index (Phi) is 5.46. The molecular formula is C14H13N2O6P. The second kappa shape index (κ2) is 7.53. The Hall–Kier alpha value is -2.70. The highest BCUT2D eigenvalue weighted by molar-refractivity contribution is 7.52. The Morgan fingerprint density at radius 1 is 1.04 bits per heavy atom. The molecule has 0 saturated heterocycles. The first-order valence-corrected chi connectivity index (χ1v) is 8.04. The molecule has 0 heterocycles. The highest BCUT2D eigenvalue weighted by atomic mass is 31.2. The van der Waals surface area contributed by atoms with E-state index >= 15 is 0 Å². The lowest BCUT2D eigenvalue weighted by Gasteiger charge is -2.19. The maximum absolute atomic E-state index is 12.7. The van der Waals surface area contributed by atoms with Gasteiger partial charge in [0.25, 0.3) is 5.69 Å². The molecule has 0 aliphatic carbocycles. The zero-order valence-electron chi connectivity index (χ0n) is 11.8. The van der Waals surface area contributed by atoms with Crippen molar-refractivity contribution in [3.63, 3.8) is 0 Å². The van der Waals surface area contributed by atoms with E-state index in [9.17, 15) is 19.5 Å². The van der Waals surface area contributed by atoms with E-state index in [1.54, 1.807) is 30.3 Å². The Morgan fingerprint density at radius 3 is 2.13 bits per heavy atom. The van der Waals surface area contributed by atoms with E-state index in [0.29, 0.717) is 6.29 Å². The highest BCUT2D eigenvalue weighted by Gasteiger charge is 2.28.